The fraction of sp³-hybridized carbons (Fsp3) is 0.389. The Hall–Kier alpha value is -2.83. The first-order valence-corrected chi connectivity index (χ1v) is 8.32. The van der Waals surface area contributed by atoms with Crippen molar-refractivity contribution in [2.75, 3.05) is 57.2 Å². The SMILES string of the molecule is COc1ccc(N2CCN(c3ncc(N=CN(C)C)cn3)CC2)cc1. The van der Waals surface area contributed by atoms with Crippen LogP contribution in [0.3, 0.4) is 0 Å². The number of benzene rings is 1. The summed E-state index contributed by atoms with van der Waals surface area (Å²) in [6.45, 7) is 3.67. The van der Waals surface area contributed by atoms with Gasteiger partial charge in [-0.15, -0.1) is 0 Å². The van der Waals surface area contributed by atoms with E-state index >= 15 is 0 Å². The highest BCUT2D eigenvalue weighted by molar-refractivity contribution is 5.60. The third-order valence-electron chi connectivity index (χ3n) is 4.06. The smallest absolute Gasteiger partial charge is 0.225 e. The highest BCUT2D eigenvalue weighted by Crippen LogP contribution is 2.21. The molecule has 25 heavy (non-hydrogen) atoms. The Morgan fingerprint density at radius 2 is 1.60 bits per heavy atom. The average molecular weight is 340 g/mol. The van der Waals surface area contributed by atoms with Crippen LogP contribution in [-0.2, 0) is 0 Å². The summed E-state index contributed by atoms with van der Waals surface area (Å²) >= 11 is 0. The van der Waals surface area contributed by atoms with Crippen LogP contribution in [0.5, 0.6) is 5.75 Å². The minimum absolute atomic E-state index is 0.759. The van der Waals surface area contributed by atoms with Gasteiger partial charge in [0.05, 0.1) is 25.8 Å². The minimum Gasteiger partial charge on any atom is -0.497 e. The maximum Gasteiger partial charge on any atom is 0.225 e. The predicted molar refractivity (Wildman–Crippen MR) is 101 cm³/mol. The molecule has 7 heteroatoms. The summed E-state index contributed by atoms with van der Waals surface area (Å²) in [6.07, 6.45) is 5.27. The zero-order chi connectivity index (χ0) is 17.6. The molecule has 1 saturated heterocycles. The van der Waals surface area contributed by atoms with Crippen LogP contribution in [0.15, 0.2) is 41.7 Å². The maximum absolute atomic E-state index is 5.22. The monoisotopic (exact) mass is 340 g/mol. The fourth-order valence-electron chi connectivity index (χ4n) is 2.68. The molecule has 0 N–H and O–H groups in total. The number of piperazine rings is 1. The van der Waals surface area contributed by atoms with Crippen molar-refractivity contribution in [3.8, 4) is 5.75 Å². The van der Waals surface area contributed by atoms with Crippen molar-refractivity contribution in [2.24, 2.45) is 4.99 Å². The van der Waals surface area contributed by atoms with Gasteiger partial charge in [-0.25, -0.2) is 15.0 Å². The summed E-state index contributed by atoms with van der Waals surface area (Å²) in [6, 6.07) is 8.20. The summed E-state index contributed by atoms with van der Waals surface area (Å²) in [5.74, 6) is 1.64. The average Bonchev–Trinajstić information content (AvgIpc) is 2.67. The first kappa shape index (κ1) is 17.0. The van der Waals surface area contributed by atoms with E-state index in [1.807, 2.05) is 31.1 Å². The maximum atomic E-state index is 5.22. The predicted octanol–water partition coefficient (Wildman–Crippen LogP) is 2.03. The molecule has 132 valence electrons. The quantitative estimate of drug-likeness (QED) is 0.613. The van der Waals surface area contributed by atoms with Crippen molar-refractivity contribution in [3.05, 3.63) is 36.7 Å². The van der Waals surface area contributed by atoms with E-state index in [0.29, 0.717) is 0 Å². The molecule has 0 bridgehead atoms. The lowest BCUT2D eigenvalue weighted by Crippen LogP contribution is -2.47. The zero-order valence-electron chi connectivity index (χ0n) is 15.0. The molecular formula is C18H24N6O. The van der Waals surface area contributed by atoms with Gasteiger partial charge >= 0.3 is 0 Å². The van der Waals surface area contributed by atoms with Crippen LogP contribution in [0.2, 0.25) is 0 Å². The van der Waals surface area contributed by atoms with E-state index in [0.717, 1.165) is 43.6 Å². The van der Waals surface area contributed by atoms with E-state index in [1.54, 1.807) is 25.8 Å². The highest BCUT2D eigenvalue weighted by atomic mass is 16.5. The second-order valence-electron chi connectivity index (χ2n) is 6.12. The second kappa shape index (κ2) is 7.83. The van der Waals surface area contributed by atoms with Crippen molar-refractivity contribution < 1.29 is 4.74 Å². The number of hydrogen-bond acceptors (Lipinski definition) is 6. The number of aliphatic imine (C=N–C) groups is 1. The molecular weight excluding hydrogens is 316 g/mol. The molecule has 2 aromatic rings. The van der Waals surface area contributed by atoms with Crippen molar-refractivity contribution in [3.63, 3.8) is 0 Å². The summed E-state index contributed by atoms with van der Waals surface area (Å²) in [7, 11) is 5.55. The van der Waals surface area contributed by atoms with Crippen LogP contribution in [0.25, 0.3) is 0 Å². The second-order valence-corrected chi connectivity index (χ2v) is 6.12. The first-order valence-electron chi connectivity index (χ1n) is 8.32. The van der Waals surface area contributed by atoms with E-state index in [4.69, 9.17) is 4.74 Å². The van der Waals surface area contributed by atoms with E-state index in [1.165, 1.54) is 5.69 Å². The van der Waals surface area contributed by atoms with E-state index in [9.17, 15) is 0 Å². The van der Waals surface area contributed by atoms with Crippen LogP contribution in [0.1, 0.15) is 0 Å². The third kappa shape index (κ3) is 4.37. The molecule has 1 fully saturated rings. The number of anilines is 2. The lowest BCUT2D eigenvalue weighted by Gasteiger charge is -2.36. The van der Waals surface area contributed by atoms with Gasteiger partial charge in [-0.2, -0.15) is 0 Å². The lowest BCUT2D eigenvalue weighted by atomic mass is 10.2. The lowest BCUT2D eigenvalue weighted by molar-refractivity contribution is 0.415. The zero-order valence-corrected chi connectivity index (χ0v) is 15.0. The largest absolute Gasteiger partial charge is 0.497 e. The number of ether oxygens (including phenoxy) is 1. The van der Waals surface area contributed by atoms with Crippen LogP contribution in [0, 0.1) is 0 Å². The van der Waals surface area contributed by atoms with Crippen molar-refractivity contribution in [2.45, 2.75) is 0 Å². The molecule has 2 heterocycles. The number of nitrogens with zero attached hydrogens (tertiary/aromatic N) is 6. The van der Waals surface area contributed by atoms with Gasteiger partial charge in [0.15, 0.2) is 0 Å². The van der Waals surface area contributed by atoms with Crippen molar-refractivity contribution in [1.29, 1.82) is 0 Å². The van der Waals surface area contributed by atoms with Gasteiger partial charge in [-0.05, 0) is 24.3 Å². The molecule has 1 aromatic carbocycles. The molecule has 0 amide bonds. The van der Waals surface area contributed by atoms with Gasteiger partial charge in [0.25, 0.3) is 0 Å². The summed E-state index contributed by atoms with van der Waals surface area (Å²) in [5, 5.41) is 0. The Kier molecular flexibility index (Phi) is 5.33. The molecule has 0 saturated carbocycles. The normalized spacial score (nSPS) is 14.8. The van der Waals surface area contributed by atoms with Crippen molar-refractivity contribution in [1.82, 2.24) is 14.9 Å². The summed E-state index contributed by atoms with van der Waals surface area (Å²) < 4.78 is 5.22. The van der Waals surface area contributed by atoms with Crippen LogP contribution < -0.4 is 14.5 Å². The van der Waals surface area contributed by atoms with Gasteiger partial charge in [0.2, 0.25) is 5.95 Å². The Labute approximate surface area is 148 Å². The first-order chi connectivity index (χ1) is 12.2. The molecule has 1 aliphatic heterocycles. The number of hydrogen-bond donors (Lipinski definition) is 0. The van der Waals surface area contributed by atoms with Crippen LogP contribution in [-0.4, -0.2) is 68.6 Å². The van der Waals surface area contributed by atoms with Gasteiger partial charge < -0.3 is 19.4 Å². The number of aromatic nitrogens is 2. The Morgan fingerprint density at radius 1 is 1.00 bits per heavy atom. The summed E-state index contributed by atoms with van der Waals surface area (Å²) in [5.41, 5.74) is 1.98. The molecule has 0 atom stereocenters. The van der Waals surface area contributed by atoms with Gasteiger partial charge in [0, 0.05) is 46.0 Å². The fourth-order valence-corrected chi connectivity index (χ4v) is 2.68. The van der Waals surface area contributed by atoms with Gasteiger partial charge in [0.1, 0.15) is 11.4 Å². The molecule has 0 unspecified atom stereocenters. The Balaban J connectivity index is 1.58. The standard InChI is InChI=1S/C18H24N6O/c1-22(2)14-21-15-12-19-18(20-13-15)24-10-8-23(9-11-24)16-4-6-17(25-3)7-5-16/h4-7,12-14H,8-11H2,1-3H3. The van der Waals surface area contributed by atoms with E-state index in [-0.39, 0.29) is 0 Å². The molecule has 3 rings (SSSR count). The van der Waals surface area contributed by atoms with E-state index in [2.05, 4.69) is 36.9 Å². The van der Waals surface area contributed by atoms with Crippen molar-refractivity contribution >= 4 is 23.7 Å². The van der Waals surface area contributed by atoms with Crippen LogP contribution in [0.4, 0.5) is 17.3 Å². The minimum atomic E-state index is 0.759. The molecule has 0 aliphatic carbocycles. The van der Waals surface area contributed by atoms with Crippen LogP contribution >= 0.6 is 0 Å². The Morgan fingerprint density at radius 3 is 2.16 bits per heavy atom. The molecule has 1 aliphatic rings. The third-order valence-corrected chi connectivity index (χ3v) is 4.06. The number of rotatable bonds is 5. The number of methoxy groups -OCH3 is 1. The van der Waals surface area contributed by atoms with Gasteiger partial charge in [-0.1, -0.05) is 0 Å². The van der Waals surface area contributed by atoms with E-state index < -0.39 is 0 Å². The highest BCUT2D eigenvalue weighted by Gasteiger charge is 2.19. The summed E-state index contributed by atoms with van der Waals surface area (Å²) in [4.78, 5) is 19.6. The Bertz CT molecular complexity index is 691. The molecule has 1 aromatic heterocycles. The van der Waals surface area contributed by atoms with Gasteiger partial charge in [-0.3, -0.25) is 0 Å². The molecule has 7 nitrogen and oxygen atoms in total. The molecule has 0 spiro atoms. The topological polar surface area (TPSA) is 57.1 Å². The molecule has 0 radical (unpaired) electrons.